The highest BCUT2D eigenvalue weighted by atomic mass is 16.7. The fraction of sp³-hybridized carbons (Fsp3) is 0.500. The summed E-state index contributed by atoms with van der Waals surface area (Å²) in [4.78, 5) is 9.38. The van der Waals surface area contributed by atoms with Gasteiger partial charge in [-0.3, -0.25) is 0 Å². The molecule has 9 heavy (non-hydrogen) atoms. The Labute approximate surface area is 54.9 Å². The molecule has 0 aliphatic rings. The van der Waals surface area contributed by atoms with Gasteiger partial charge >= 0.3 is 6.16 Å². The van der Waals surface area contributed by atoms with Gasteiger partial charge in [0.1, 0.15) is 0 Å². The lowest BCUT2D eigenvalue weighted by Crippen LogP contribution is -1.97. The van der Waals surface area contributed by atoms with Crippen LogP contribution in [-0.4, -0.2) is 17.9 Å². The minimum atomic E-state index is -1.21. The van der Waals surface area contributed by atoms with Crippen LogP contribution in [0.5, 0.6) is 0 Å². The maximum absolute atomic E-state index is 9.38. The molecule has 0 unspecified atom stereocenters. The minimum Gasteiger partial charge on any atom is -0.450 e. The van der Waals surface area contributed by atoms with E-state index in [1.54, 1.807) is 13.0 Å². The largest absolute Gasteiger partial charge is 0.505 e. The second-order valence-corrected chi connectivity index (χ2v) is 1.11. The van der Waals surface area contributed by atoms with Crippen LogP contribution in [0.3, 0.4) is 0 Å². The molecule has 0 amide bonds. The number of hydrogen-bond donors (Lipinski definition) is 1. The summed E-state index contributed by atoms with van der Waals surface area (Å²) in [5.41, 5.74) is 0. The van der Waals surface area contributed by atoms with Gasteiger partial charge in [0.05, 0.1) is 6.61 Å². The lowest BCUT2D eigenvalue weighted by molar-refractivity contribution is 0.0966. The molecular weight excluding hydrogens is 120 g/mol. The highest BCUT2D eigenvalue weighted by Gasteiger charge is 1.86. The standard InChI is InChI=1S/C3H6O3.C3H6/c1-2-6-3(4)5;1-3-2/h2H2,1H3,(H,4,5);3H,1H2,2H3. The van der Waals surface area contributed by atoms with Gasteiger partial charge in [-0.15, -0.1) is 6.58 Å². The predicted octanol–water partition coefficient (Wildman–Crippen LogP) is 1.89. The molecule has 0 spiro atoms. The van der Waals surface area contributed by atoms with Crippen LogP contribution < -0.4 is 0 Å². The first-order valence-electron chi connectivity index (χ1n) is 2.61. The molecule has 0 aromatic rings. The zero-order valence-corrected chi connectivity index (χ0v) is 5.76. The van der Waals surface area contributed by atoms with Crippen LogP contribution in [0, 0.1) is 0 Å². The molecule has 0 aromatic heterocycles. The Bertz CT molecular complexity index is 78.4. The fourth-order valence-corrected chi connectivity index (χ4v) is 0.123. The van der Waals surface area contributed by atoms with E-state index in [0.29, 0.717) is 0 Å². The minimum absolute atomic E-state index is 0.231. The predicted molar refractivity (Wildman–Crippen MR) is 35.5 cm³/mol. The zero-order chi connectivity index (χ0) is 7.70. The first-order valence-corrected chi connectivity index (χ1v) is 2.61. The topological polar surface area (TPSA) is 46.5 Å². The van der Waals surface area contributed by atoms with Crippen molar-refractivity contribution < 1.29 is 14.6 Å². The number of ether oxygens (including phenoxy) is 1. The van der Waals surface area contributed by atoms with Gasteiger partial charge in [-0.1, -0.05) is 6.08 Å². The Balaban J connectivity index is 0. The summed E-state index contributed by atoms with van der Waals surface area (Å²) >= 11 is 0. The second kappa shape index (κ2) is 10.1. The monoisotopic (exact) mass is 132 g/mol. The van der Waals surface area contributed by atoms with Crippen LogP contribution in [-0.2, 0) is 4.74 Å². The number of rotatable bonds is 1. The van der Waals surface area contributed by atoms with Crippen molar-refractivity contribution in [1.29, 1.82) is 0 Å². The van der Waals surface area contributed by atoms with Crippen molar-refractivity contribution >= 4 is 6.16 Å². The van der Waals surface area contributed by atoms with Gasteiger partial charge in [-0.2, -0.15) is 0 Å². The normalized spacial score (nSPS) is 6.44. The molecular formula is C6H12O3. The quantitative estimate of drug-likeness (QED) is 0.437. The van der Waals surface area contributed by atoms with Crippen molar-refractivity contribution in [2.24, 2.45) is 0 Å². The van der Waals surface area contributed by atoms with Crippen LogP contribution in [0.25, 0.3) is 0 Å². The average molecular weight is 132 g/mol. The first kappa shape index (κ1) is 10.9. The summed E-state index contributed by atoms with van der Waals surface area (Å²) < 4.78 is 3.96. The van der Waals surface area contributed by atoms with E-state index >= 15 is 0 Å². The van der Waals surface area contributed by atoms with Crippen molar-refractivity contribution in [2.75, 3.05) is 6.61 Å². The third-order valence-electron chi connectivity index (χ3n) is 0.268. The Hall–Kier alpha value is -0.990. The molecule has 0 aliphatic heterocycles. The summed E-state index contributed by atoms with van der Waals surface area (Å²) in [6.45, 7) is 7.10. The third-order valence-corrected chi connectivity index (χ3v) is 0.268. The van der Waals surface area contributed by atoms with Gasteiger partial charge in [-0.25, -0.2) is 4.79 Å². The molecule has 1 N–H and O–H groups in total. The lowest BCUT2D eigenvalue weighted by atomic mass is 10.8. The summed E-state index contributed by atoms with van der Waals surface area (Å²) in [5, 5.41) is 7.69. The summed E-state index contributed by atoms with van der Waals surface area (Å²) in [7, 11) is 0. The van der Waals surface area contributed by atoms with E-state index < -0.39 is 6.16 Å². The Kier molecular flexibility index (Phi) is 12.2. The average Bonchev–Trinajstić information content (AvgIpc) is 1.67. The molecule has 0 aromatic carbocycles. The molecule has 0 radical (unpaired) electrons. The number of carbonyl (C=O) groups is 1. The third kappa shape index (κ3) is 43.6. The maximum Gasteiger partial charge on any atom is 0.505 e. The maximum atomic E-state index is 9.38. The zero-order valence-electron chi connectivity index (χ0n) is 5.76. The molecule has 0 rings (SSSR count). The molecule has 0 aliphatic carbocycles. The number of hydrogen-bond acceptors (Lipinski definition) is 2. The van der Waals surface area contributed by atoms with E-state index in [0.717, 1.165) is 0 Å². The van der Waals surface area contributed by atoms with E-state index in [4.69, 9.17) is 5.11 Å². The fourth-order valence-electron chi connectivity index (χ4n) is 0.123. The van der Waals surface area contributed by atoms with Crippen molar-refractivity contribution in [3.63, 3.8) is 0 Å². The highest BCUT2D eigenvalue weighted by Crippen LogP contribution is 1.69. The number of carboxylic acid groups (broad SMARTS) is 1. The van der Waals surface area contributed by atoms with Crippen LogP contribution in [0.4, 0.5) is 4.79 Å². The smallest absolute Gasteiger partial charge is 0.450 e. The Morgan fingerprint density at radius 1 is 1.89 bits per heavy atom. The van der Waals surface area contributed by atoms with Gasteiger partial charge in [0.15, 0.2) is 0 Å². The SMILES string of the molecule is C=CC.CCOC(=O)O. The molecule has 3 heteroatoms. The van der Waals surface area contributed by atoms with Gasteiger partial charge < -0.3 is 9.84 Å². The van der Waals surface area contributed by atoms with Gasteiger partial charge in [0, 0.05) is 0 Å². The van der Waals surface area contributed by atoms with E-state index in [1.165, 1.54) is 0 Å². The summed E-state index contributed by atoms with van der Waals surface area (Å²) in [6.07, 6.45) is 0.539. The molecule has 54 valence electrons. The van der Waals surface area contributed by atoms with Crippen LogP contribution in [0.2, 0.25) is 0 Å². The lowest BCUT2D eigenvalue weighted by Gasteiger charge is -1.87. The number of allylic oxidation sites excluding steroid dienone is 1. The molecule has 0 atom stereocenters. The molecule has 3 nitrogen and oxygen atoms in total. The molecule has 0 saturated carbocycles. The van der Waals surface area contributed by atoms with Gasteiger partial charge in [0.2, 0.25) is 0 Å². The first-order chi connectivity index (χ1) is 4.18. The van der Waals surface area contributed by atoms with Crippen LogP contribution in [0.1, 0.15) is 13.8 Å². The van der Waals surface area contributed by atoms with Gasteiger partial charge in [-0.05, 0) is 13.8 Å². The van der Waals surface area contributed by atoms with Crippen molar-refractivity contribution in [1.82, 2.24) is 0 Å². The van der Waals surface area contributed by atoms with Crippen LogP contribution >= 0.6 is 0 Å². The molecule has 0 fully saturated rings. The van der Waals surface area contributed by atoms with E-state index in [-0.39, 0.29) is 6.61 Å². The Morgan fingerprint density at radius 2 is 2.22 bits per heavy atom. The molecule has 0 saturated heterocycles. The second-order valence-electron chi connectivity index (χ2n) is 1.11. The Morgan fingerprint density at radius 3 is 2.22 bits per heavy atom. The van der Waals surface area contributed by atoms with E-state index in [9.17, 15) is 4.79 Å². The van der Waals surface area contributed by atoms with E-state index in [2.05, 4.69) is 11.3 Å². The molecule has 0 bridgehead atoms. The summed E-state index contributed by atoms with van der Waals surface area (Å²) in [6, 6.07) is 0. The van der Waals surface area contributed by atoms with Crippen molar-refractivity contribution in [3.8, 4) is 0 Å². The van der Waals surface area contributed by atoms with Crippen LogP contribution in [0.15, 0.2) is 12.7 Å². The summed E-state index contributed by atoms with van der Waals surface area (Å²) in [5.74, 6) is 0. The highest BCUT2D eigenvalue weighted by molar-refractivity contribution is 5.56. The van der Waals surface area contributed by atoms with E-state index in [1.807, 2.05) is 6.92 Å². The van der Waals surface area contributed by atoms with Crippen molar-refractivity contribution in [2.45, 2.75) is 13.8 Å². The van der Waals surface area contributed by atoms with Crippen molar-refractivity contribution in [3.05, 3.63) is 12.7 Å². The van der Waals surface area contributed by atoms with Gasteiger partial charge in [0.25, 0.3) is 0 Å². The molecule has 0 heterocycles.